The number of cyclic esters (lactones) is 1. The Labute approximate surface area is 129 Å². The molecule has 1 rings (SSSR count). The highest BCUT2D eigenvalue weighted by molar-refractivity contribution is 6.02. The molecule has 0 bridgehead atoms. The summed E-state index contributed by atoms with van der Waals surface area (Å²) >= 11 is 0. The van der Waals surface area contributed by atoms with Crippen molar-refractivity contribution >= 4 is 11.8 Å². The van der Waals surface area contributed by atoms with E-state index in [1.54, 1.807) is 13.8 Å². The maximum Gasteiger partial charge on any atom is 0.319 e. The Hall–Kier alpha value is -0.860. The summed E-state index contributed by atoms with van der Waals surface area (Å²) in [5.74, 6) is -0.334. The van der Waals surface area contributed by atoms with Gasteiger partial charge in [-0.15, -0.1) is 0 Å². The third kappa shape index (κ3) is 6.62. The van der Waals surface area contributed by atoms with Crippen LogP contribution in [0, 0.1) is 5.41 Å². The van der Waals surface area contributed by atoms with Gasteiger partial charge in [-0.3, -0.25) is 9.59 Å². The van der Waals surface area contributed by atoms with E-state index in [1.807, 2.05) is 6.92 Å². The summed E-state index contributed by atoms with van der Waals surface area (Å²) < 4.78 is 5.48. The van der Waals surface area contributed by atoms with Crippen molar-refractivity contribution in [2.24, 2.45) is 5.41 Å². The zero-order chi connectivity index (χ0) is 15.7. The molecule has 1 heterocycles. The van der Waals surface area contributed by atoms with Crippen LogP contribution in [-0.4, -0.2) is 17.9 Å². The van der Waals surface area contributed by atoms with Gasteiger partial charge in [-0.25, -0.2) is 0 Å². The van der Waals surface area contributed by atoms with Crippen molar-refractivity contribution in [3.63, 3.8) is 0 Å². The quantitative estimate of drug-likeness (QED) is 0.475. The van der Waals surface area contributed by atoms with E-state index in [-0.39, 0.29) is 17.9 Å². The fourth-order valence-electron chi connectivity index (χ4n) is 2.77. The largest absolute Gasteiger partial charge is 0.462 e. The standard InChI is InChI=1S/C18H32O3/c1-15-13-11-9-7-5-4-6-8-10-12-14-16(19)18(2,3)17(20)21-15/h15H,4-14H2,1-3H3. The smallest absolute Gasteiger partial charge is 0.319 e. The van der Waals surface area contributed by atoms with E-state index >= 15 is 0 Å². The van der Waals surface area contributed by atoms with Gasteiger partial charge in [-0.2, -0.15) is 0 Å². The molecule has 1 unspecified atom stereocenters. The summed E-state index contributed by atoms with van der Waals surface area (Å²) in [6.45, 7) is 5.34. The zero-order valence-corrected chi connectivity index (χ0v) is 14.1. The Balaban J connectivity index is 2.57. The van der Waals surface area contributed by atoms with Crippen molar-refractivity contribution in [2.45, 2.75) is 97.5 Å². The summed E-state index contributed by atoms with van der Waals surface area (Å²) in [5, 5.41) is 0. The SMILES string of the molecule is CC1CCCCCCCCCCCC(=O)C(C)(C)C(=O)O1. The van der Waals surface area contributed by atoms with Crippen LogP contribution in [0.25, 0.3) is 0 Å². The van der Waals surface area contributed by atoms with Gasteiger partial charge < -0.3 is 4.74 Å². The average Bonchev–Trinajstić information content (AvgIpc) is 2.43. The first-order valence-corrected chi connectivity index (χ1v) is 8.69. The van der Waals surface area contributed by atoms with Gasteiger partial charge in [0.05, 0.1) is 6.10 Å². The maximum atomic E-state index is 12.2. The first-order chi connectivity index (χ1) is 9.94. The fraction of sp³-hybridized carbons (Fsp3) is 0.889. The minimum Gasteiger partial charge on any atom is -0.462 e. The van der Waals surface area contributed by atoms with Crippen molar-refractivity contribution in [1.82, 2.24) is 0 Å². The summed E-state index contributed by atoms with van der Waals surface area (Å²) in [6.07, 6.45) is 12.0. The first-order valence-electron chi connectivity index (χ1n) is 8.69. The van der Waals surface area contributed by atoms with Crippen LogP contribution in [0.3, 0.4) is 0 Å². The number of carbonyl (C=O) groups is 2. The lowest BCUT2D eigenvalue weighted by molar-refractivity contribution is -0.162. The number of Topliss-reactive ketones (excluding diaryl/α,β-unsaturated/α-hetero) is 1. The van der Waals surface area contributed by atoms with Crippen LogP contribution in [0.5, 0.6) is 0 Å². The summed E-state index contributed by atoms with van der Waals surface area (Å²) in [4.78, 5) is 24.5. The Bertz CT molecular complexity index is 333. The molecule has 1 aliphatic heterocycles. The van der Waals surface area contributed by atoms with Crippen molar-refractivity contribution in [1.29, 1.82) is 0 Å². The van der Waals surface area contributed by atoms with Gasteiger partial charge in [-0.05, 0) is 40.0 Å². The van der Waals surface area contributed by atoms with E-state index in [9.17, 15) is 9.59 Å². The molecule has 0 N–H and O–H groups in total. The molecule has 0 aromatic carbocycles. The number of carbonyl (C=O) groups excluding carboxylic acids is 2. The molecule has 1 atom stereocenters. The van der Waals surface area contributed by atoms with Gasteiger partial charge in [0.2, 0.25) is 0 Å². The Kier molecular flexibility index (Phi) is 7.98. The molecule has 1 fully saturated rings. The molecule has 0 saturated carbocycles. The molecule has 0 aliphatic carbocycles. The van der Waals surface area contributed by atoms with Gasteiger partial charge >= 0.3 is 5.97 Å². The molecular weight excluding hydrogens is 264 g/mol. The highest BCUT2D eigenvalue weighted by atomic mass is 16.5. The summed E-state index contributed by atoms with van der Waals surface area (Å²) in [7, 11) is 0. The van der Waals surface area contributed by atoms with Crippen LogP contribution >= 0.6 is 0 Å². The second kappa shape index (κ2) is 9.22. The lowest BCUT2D eigenvalue weighted by Gasteiger charge is -2.24. The number of ether oxygens (including phenoxy) is 1. The second-order valence-electron chi connectivity index (χ2n) is 6.98. The van der Waals surface area contributed by atoms with E-state index in [1.165, 1.54) is 38.5 Å². The summed E-state index contributed by atoms with van der Waals surface area (Å²) in [5.41, 5.74) is -0.995. The number of hydrogen-bond donors (Lipinski definition) is 0. The molecule has 122 valence electrons. The van der Waals surface area contributed by atoms with Crippen LogP contribution in [0.4, 0.5) is 0 Å². The Morgan fingerprint density at radius 1 is 0.857 bits per heavy atom. The highest BCUT2D eigenvalue weighted by Crippen LogP contribution is 2.24. The molecule has 21 heavy (non-hydrogen) atoms. The molecule has 1 saturated heterocycles. The third-order valence-electron chi connectivity index (χ3n) is 4.53. The molecule has 1 aliphatic rings. The van der Waals surface area contributed by atoms with Crippen LogP contribution in [0.2, 0.25) is 0 Å². The topological polar surface area (TPSA) is 43.4 Å². The van der Waals surface area contributed by atoms with Gasteiger partial charge in [0, 0.05) is 6.42 Å². The lowest BCUT2D eigenvalue weighted by Crippen LogP contribution is -2.36. The zero-order valence-electron chi connectivity index (χ0n) is 14.1. The minimum absolute atomic E-state index is 0.0202. The van der Waals surface area contributed by atoms with E-state index < -0.39 is 5.41 Å². The molecule has 0 aromatic heterocycles. The maximum absolute atomic E-state index is 12.2. The molecule has 3 nitrogen and oxygen atoms in total. The molecule has 0 amide bonds. The Morgan fingerprint density at radius 3 is 1.90 bits per heavy atom. The van der Waals surface area contributed by atoms with Crippen molar-refractivity contribution in [2.75, 3.05) is 0 Å². The van der Waals surface area contributed by atoms with Crippen molar-refractivity contribution in [3.05, 3.63) is 0 Å². The molecule has 0 aromatic rings. The summed E-state index contributed by atoms with van der Waals surface area (Å²) in [6, 6.07) is 0. The number of hydrogen-bond acceptors (Lipinski definition) is 3. The van der Waals surface area contributed by atoms with Crippen LogP contribution < -0.4 is 0 Å². The van der Waals surface area contributed by atoms with Crippen LogP contribution in [0.15, 0.2) is 0 Å². The minimum atomic E-state index is -0.995. The predicted octanol–water partition coefficient (Wildman–Crippen LogP) is 4.82. The first kappa shape index (κ1) is 18.2. The van der Waals surface area contributed by atoms with E-state index in [0.29, 0.717) is 6.42 Å². The Morgan fingerprint density at radius 2 is 1.33 bits per heavy atom. The third-order valence-corrected chi connectivity index (χ3v) is 4.53. The fourth-order valence-corrected chi connectivity index (χ4v) is 2.77. The molecular formula is C18H32O3. The second-order valence-corrected chi connectivity index (χ2v) is 6.98. The van der Waals surface area contributed by atoms with Gasteiger partial charge in [0.1, 0.15) is 11.2 Å². The van der Waals surface area contributed by atoms with Crippen molar-refractivity contribution in [3.8, 4) is 0 Å². The monoisotopic (exact) mass is 296 g/mol. The van der Waals surface area contributed by atoms with E-state index in [4.69, 9.17) is 4.74 Å². The van der Waals surface area contributed by atoms with Crippen LogP contribution in [-0.2, 0) is 14.3 Å². The predicted molar refractivity (Wildman–Crippen MR) is 85.1 cm³/mol. The lowest BCUT2D eigenvalue weighted by atomic mass is 9.85. The van der Waals surface area contributed by atoms with Crippen LogP contribution in [0.1, 0.15) is 91.4 Å². The van der Waals surface area contributed by atoms with E-state index in [2.05, 4.69) is 0 Å². The molecule has 3 heteroatoms. The molecule has 0 spiro atoms. The number of esters is 1. The van der Waals surface area contributed by atoms with Gasteiger partial charge in [0.15, 0.2) is 0 Å². The molecule has 0 radical (unpaired) electrons. The number of ketones is 1. The van der Waals surface area contributed by atoms with Gasteiger partial charge in [-0.1, -0.05) is 44.9 Å². The normalized spacial score (nSPS) is 27.1. The van der Waals surface area contributed by atoms with E-state index in [0.717, 1.165) is 25.7 Å². The van der Waals surface area contributed by atoms with Gasteiger partial charge in [0.25, 0.3) is 0 Å². The number of rotatable bonds is 0. The van der Waals surface area contributed by atoms with Crippen molar-refractivity contribution < 1.29 is 14.3 Å². The average molecular weight is 296 g/mol. The highest BCUT2D eigenvalue weighted by Gasteiger charge is 2.37.